The van der Waals surface area contributed by atoms with Gasteiger partial charge in [0.1, 0.15) is 48.8 Å². The summed E-state index contributed by atoms with van der Waals surface area (Å²) in [6, 6.07) is 0. The first-order valence-electron chi connectivity index (χ1n) is 15.3. The monoisotopic (exact) mass is 644 g/mol. The first-order chi connectivity index (χ1) is 21.2. The number of aliphatic carboxylic acids is 1. The third-order valence-corrected chi connectivity index (χ3v) is 8.27. The summed E-state index contributed by atoms with van der Waals surface area (Å²) in [4.78, 5) is 10.9. The fourth-order valence-corrected chi connectivity index (χ4v) is 5.06. The maximum absolute atomic E-state index is 10.9. The summed E-state index contributed by atoms with van der Waals surface area (Å²) in [6.07, 6.45) is -3.68. The van der Waals surface area contributed by atoms with Gasteiger partial charge in [-0.15, -0.1) is 6.58 Å². The summed E-state index contributed by atoms with van der Waals surface area (Å²) in [6.45, 7) is 9.92. The molecule has 0 aromatic carbocycles. The first-order valence-corrected chi connectivity index (χ1v) is 15.3. The van der Waals surface area contributed by atoms with Gasteiger partial charge >= 0.3 is 5.97 Å². The lowest BCUT2D eigenvalue weighted by Crippen LogP contribution is -2.65. The Bertz CT molecular complexity index is 1040. The fraction of sp³-hybridized carbons (Fsp3) is 0.719. The number of carbonyl (C=O) groups is 1. The number of carboxylic acid groups (broad SMARTS) is 1. The second-order valence-corrected chi connectivity index (χ2v) is 12.0. The highest BCUT2D eigenvalue weighted by Gasteiger charge is 2.51. The Morgan fingerprint density at radius 3 is 1.82 bits per heavy atom. The Morgan fingerprint density at radius 1 is 0.778 bits per heavy atom. The third kappa shape index (κ3) is 11.3. The van der Waals surface area contributed by atoms with E-state index >= 15 is 0 Å². The van der Waals surface area contributed by atoms with Crippen LogP contribution < -0.4 is 0 Å². The largest absolute Gasteiger partial charge is 0.478 e. The lowest BCUT2D eigenvalue weighted by molar-refractivity contribution is -0.375. The van der Waals surface area contributed by atoms with E-state index < -0.39 is 86.2 Å². The van der Waals surface area contributed by atoms with Crippen LogP contribution in [0.2, 0.25) is 0 Å². The Balaban J connectivity index is 2.04. The van der Waals surface area contributed by atoms with Gasteiger partial charge in [0.15, 0.2) is 12.6 Å². The molecule has 2 aliphatic heterocycles. The van der Waals surface area contributed by atoms with E-state index in [2.05, 4.69) is 18.7 Å². The summed E-state index contributed by atoms with van der Waals surface area (Å²) >= 11 is 0. The van der Waals surface area contributed by atoms with Gasteiger partial charge in [0, 0.05) is 5.57 Å². The number of aliphatic hydroxyl groups excluding tert-OH is 7. The zero-order valence-electron chi connectivity index (χ0n) is 26.6. The molecule has 0 amide bonds. The minimum absolute atomic E-state index is 0.339. The van der Waals surface area contributed by atoms with E-state index in [0.717, 1.165) is 24.8 Å². The van der Waals surface area contributed by atoms with Gasteiger partial charge in [0.25, 0.3) is 0 Å². The molecule has 0 radical (unpaired) electrons. The van der Waals surface area contributed by atoms with Crippen LogP contribution in [0.15, 0.2) is 47.6 Å². The van der Waals surface area contributed by atoms with Crippen molar-refractivity contribution in [1.82, 2.24) is 0 Å². The van der Waals surface area contributed by atoms with Crippen molar-refractivity contribution in [1.29, 1.82) is 0 Å². The Morgan fingerprint density at radius 2 is 1.29 bits per heavy atom. The average Bonchev–Trinajstić information content (AvgIpc) is 3.00. The quantitative estimate of drug-likeness (QED) is 0.0815. The van der Waals surface area contributed by atoms with Crippen molar-refractivity contribution in [2.24, 2.45) is 0 Å². The average molecular weight is 645 g/mol. The molecule has 0 aromatic rings. The molecule has 11 unspecified atom stereocenters. The molecule has 11 atom stereocenters. The lowest BCUT2D eigenvalue weighted by Gasteiger charge is -2.47. The van der Waals surface area contributed by atoms with E-state index in [-0.39, 0.29) is 0 Å². The zero-order chi connectivity index (χ0) is 33.9. The van der Waals surface area contributed by atoms with Crippen LogP contribution in [0.5, 0.6) is 0 Å². The van der Waals surface area contributed by atoms with Crippen LogP contribution in [0.4, 0.5) is 0 Å². The molecule has 2 saturated heterocycles. The standard InChI is InChI=1S/C32H52O13/c1-6-32(5,15-9-13-19(3)11-7-10-18(2)12-8-14-20(4)29(40)41)45-31-28(26(38)24(36)22(17-34)43-31)44-30-27(39)25(37)23(35)21(16-33)42-30/h6,10,13-14,21-28,30-31,33-39H,1,7-9,11-12,15-17H2,2-5H3,(H,40,41). The highest BCUT2D eigenvalue weighted by atomic mass is 16.8. The van der Waals surface area contributed by atoms with Crippen molar-refractivity contribution in [2.45, 2.75) is 133 Å². The third-order valence-electron chi connectivity index (χ3n) is 8.27. The van der Waals surface area contributed by atoms with E-state index in [9.17, 15) is 40.5 Å². The smallest absolute Gasteiger partial charge is 0.330 e. The maximum atomic E-state index is 10.9. The number of rotatable bonds is 17. The molecule has 13 nitrogen and oxygen atoms in total. The van der Waals surface area contributed by atoms with Gasteiger partial charge in [-0.25, -0.2) is 4.79 Å². The van der Waals surface area contributed by atoms with Gasteiger partial charge in [-0.05, 0) is 66.2 Å². The van der Waals surface area contributed by atoms with Crippen molar-refractivity contribution in [3.8, 4) is 0 Å². The number of aliphatic hydroxyl groups is 7. The second kappa shape index (κ2) is 18.4. The lowest BCUT2D eigenvalue weighted by atomic mass is 9.95. The highest BCUT2D eigenvalue weighted by Crippen LogP contribution is 2.33. The van der Waals surface area contributed by atoms with Crippen molar-refractivity contribution < 1.29 is 64.6 Å². The first kappa shape index (κ1) is 39.2. The van der Waals surface area contributed by atoms with Gasteiger partial charge in [-0.1, -0.05) is 35.5 Å². The summed E-state index contributed by atoms with van der Waals surface area (Å²) in [5.41, 5.74) is 1.65. The van der Waals surface area contributed by atoms with Crippen LogP contribution in [0.25, 0.3) is 0 Å². The molecule has 2 rings (SSSR count). The van der Waals surface area contributed by atoms with Crippen LogP contribution in [0.1, 0.15) is 66.2 Å². The van der Waals surface area contributed by atoms with Crippen molar-refractivity contribution in [3.63, 3.8) is 0 Å². The minimum atomic E-state index is -1.76. The fourth-order valence-electron chi connectivity index (χ4n) is 5.06. The van der Waals surface area contributed by atoms with Gasteiger partial charge in [0.2, 0.25) is 0 Å². The summed E-state index contributed by atoms with van der Waals surface area (Å²) < 4.78 is 23.1. The topological polar surface area (TPSA) is 216 Å². The van der Waals surface area contributed by atoms with E-state index in [1.807, 2.05) is 13.8 Å². The van der Waals surface area contributed by atoms with Gasteiger partial charge in [-0.3, -0.25) is 0 Å². The molecule has 0 spiro atoms. The van der Waals surface area contributed by atoms with E-state index in [0.29, 0.717) is 24.8 Å². The molecule has 2 aliphatic rings. The zero-order valence-corrected chi connectivity index (χ0v) is 26.6. The molecular weight excluding hydrogens is 592 g/mol. The van der Waals surface area contributed by atoms with Crippen LogP contribution in [0, 0.1) is 0 Å². The van der Waals surface area contributed by atoms with Gasteiger partial charge in [-0.2, -0.15) is 0 Å². The van der Waals surface area contributed by atoms with E-state index in [1.165, 1.54) is 5.57 Å². The predicted molar refractivity (Wildman–Crippen MR) is 163 cm³/mol. The molecule has 13 heteroatoms. The number of hydrogen-bond acceptors (Lipinski definition) is 12. The minimum Gasteiger partial charge on any atom is -0.478 e. The molecule has 2 fully saturated rings. The molecule has 8 N–H and O–H groups in total. The number of ether oxygens (including phenoxy) is 4. The van der Waals surface area contributed by atoms with Crippen LogP contribution in [-0.4, -0.2) is 127 Å². The molecule has 0 aromatic heterocycles. The number of allylic oxidation sites excluding steroid dienone is 5. The Kier molecular flexibility index (Phi) is 16.0. The number of carboxylic acids is 1. The normalized spacial score (nSPS) is 34.8. The van der Waals surface area contributed by atoms with E-state index in [4.69, 9.17) is 24.1 Å². The van der Waals surface area contributed by atoms with E-state index in [1.54, 1.807) is 26.0 Å². The van der Waals surface area contributed by atoms with Crippen LogP contribution in [0.3, 0.4) is 0 Å². The maximum Gasteiger partial charge on any atom is 0.330 e. The van der Waals surface area contributed by atoms with Crippen LogP contribution >= 0.6 is 0 Å². The predicted octanol–water partition coefficient (Wildman–Crippen LogP) is 0.836. The number of hydrogen-bond donors (Lipinski definition) is 8. The molecule has 0 aliphatic carbocycles. The molecule has 45 heavy (non-hydrogen) atoms. The molecule has 0 saturated carbocycles. The van der Waals surface area contributed by atoms with Crippen molar-refractivity contribution in [3.05, 3.63) is 47.6 Å². The molecule has 0 bridgehead atoms. The molecule has 258 valence electrons. The highest BCUT2D eigenvalue weighted by molar-refractivity contribution is 5.85. The summed E-state index contributed by atoms with van der Waals surface area (Å²) in [7, 11) is 0. The van der Waals surface area contributed by atoms with Crippen LogP contribution in [-0.2, 0) is 23.7 Å². The molecular formula is C32H52O13. The van der Waals surface area contributed by atoms with Crippen molar-refractivity contribution in [2.75, 3.05) is 13.2 Å². The van der Waals surface area contributed by atoms with Gasteiger partial charge in [0.05, 0.1) is 18.8 Å². The van der Waals surface area contributed by atoms with Gasteiger partial charge < -0.3 is 59.8 Å². The van der Waals surface area contributed by atoms with Crippen molar-refractivity contribution >= 4 is 5.97 Å². The SMILES string of the molecule is C=CC(C)(CCC=C(C)CCC=C(C)CCC=C(C)C(=O)O)OC1OC(CO)C(O)C(O)C1OC1OC(CO)C(O)C(O)C1O. The Labute approximate surface area is 264 Å². The Hall–Kier alpha value is -2.01. The second-order valence-electron chi connectivity index (χ2n) is 12.0. The summed E-state index contributed by atoms with van der Waals surface area (Å²) in [5.74, 6) is -0.909. The summed E-state index contributed by atoms with van der Waals surface area (Å²) in [5, 5.41) is 80.3. The molecule has 2 heterocycles.